The molecule has 0 saturated carbocycles. The van der Waals surface area contributed by atoms with E-state index in [0.717, 1.165) is 24.2 Å². The number of nitrogens with one attached hydrogen (secondary N) is 2. The molecule has 264 valence electrons. The van der Waals surface area contributed by atoms with Crippen LogP contribution in [0.25, 0.3) is 22.3 Å². The first-order chi connectivity index (χ1) is 26.1. The highest BCUT2D eigenvalue weighted by atomic mass is 35.5. The van der Waals surface area contributed by atoms with E-state index in [1.165, 1.54) is 24.4 Å². The van der Waals surface area contributed by atoms with Crippen LogP contribution in [0, 0.1) is 0 Å². The summed E-state index contributed by atoms with van der Waals surface area (Å²) in [5.41, 5.74) is 4.81. The van der Waals surface area contributed by atoms with E-state index in [0.29, 0.717) is 58.1 Å². The number of aromatic hydroxyl groups is 1. The van der Waals surface area contributed by atoms with Gasteiger partial charge in [0.05, 0.1) is 12.4 Å². The van der Waals surface area contributed by atoms with E-state index >= 15 is 0 Å². The maximum Gasteiger partial charge on any atom is 0.237 e. The van der Waals surface area contributed by atoms with Gasteiger partial charge in [0.1, 0.15) is 40.3 Å². The molecule has 3 N–H and O–H groups in total. The molecule has 0 aliphatic rings. The predicted octanol–water partition coefficient (Wildman–Crippen LogP) is 5.57. The molecule has 0 spiro atoms. The molecule has 0 fully saturated rings. The van der Waals surface area contributed by atoms with Gasteiger partial charge in [-0.05, 0) is 48.2 Å². The first-order valence-corrected chi connectivity index (χ1v) is 16.5. The Morgan fingerprint density at radius 2 is 1.04 bits per heavy atom. The van der Waals surface area contributed by atoms with Gasteiger partial charge in [0.25, 0.3) is 0 Å². The molecule has 0 radical (unpaired) electrons. The molecule has 0 saturated heterocycles. The zero-order valence-electron chi connectivity index (χ0n) is 28.0. The van der Waals surface area contributed by atoms with Gasteiger partial charge in [-0.3, -0.25) is 9.97 Å². The van der Waals surface area contributed by atoms with Gasteiger partial charge in [-0.15, -0.1) is 0 Å². The van der Waals surface area contributed by atoms with Crippen LogP contribution in [0.4, 0.5) is 11.6 Å². The third-order valence-electron chi connectivity index (χ3n) is 7.11. The lowest BCUT2D eigenvalue weighted by molar-refractivity contribution is 0.460. The van der Waals surface area contributed by atoms with Gasteiger partial charge in [-0.25, -0.2) is 49.8 Å². The maximum atomic E-state index is 9.23. The van der Waals surface area contributed by atoms with Crippen LogP contribution in [-0.4, -0.2) is 78.0 Å². The zero-order valence-corrected chi connectivity index (χ0v) is 28.7. The van der Waals surface area contributed by atoms with E-state index in [2.05, 4.69) is 70.4 Å². The third kappa shape index (κ3) is 11.0. The Morgan fingerprint density at radius 3 is 1.53 bits per heavy atom. The minimum Gasteiger partial charge on any atom is -0.508 e. The maximum absolute atomic E-state index is 9.23. The van der Waals surface area contributed by atoms with Crippen molar-refractivity contribution in [3.63, 3.8) is 0 Å². The lowest BCUT2D eigenvalue weighted by Gasteiger charge is -2.08. The lowest BCUT2D eigenvalue weighted by Crippen LogP contribution is -2.08. The molecule has 2 aromatic carbocycles. The zero-order chi connectivity index (χ0) is 36.5. The van der Waals surface area contributed by atoms with Crippen LogP contribution in [0.3, 0.4) is 0 Å². The van der Waals surface area contributed by atoms with Crippen LogP contribution in [0.5, 0.6) is 17.4 Å². The highest BCUT2D eigenvalue weighted by Gasteiger charge is 2.06. The lowest BCUT2D eigenvalue weighted by atomic mass is 10.1. The van der Waals surface area contributed by atoms with Crippen LogP contribution in [0.2, 0.25) is 5.15 Å². The summed E-state index contributed by atoms with van der Waals surface area (Å²) in [4.78, 5) is 48.9. The largest absolute Gasteiger partial charge is 0.508 e. The van der Waals surface area contributed by atoms with Crippen molar-refractivity contribution in [1.82, 2.24) is 59.8 Å². The fourth-order valence-electron chi connectivity index (χ4n) is 4.63. The second kappa shape index (κ2) is 18.8. The van der Waals surface area contributed by atoms with Crippen molar-refractivity contribution in [2.24, 2.45) is 0 Å². The molecule has 8 aromatic rings. The van der Waals surface area contributed by atoms with Crippen molar-refractivity contribution in [3.05, 3.63) is 139 Å². The van der Waals surface area contributed by atoms with Gasteiger partial charge in [-0.1, -0.05) is 35.9 Å². The molecule has 0 bridgehead atoms. The van der Waals surface area contributed by atoms with Crippen LogP contribution in [-0.2, 0) is 12.8 Å². The van der Waals surface area contributed by atoms with Gasteiger partial charge in [0, 0.05) is 62.7 Å². The number of benzene rings is 2. The fraction of sp³-hybridized carbons (Fsp3) is 0.111. The molecule has 6 aromatic heterocycles. The van der Waals surface area contributed by atoms with Crippen molar-refractivity contribution in [3.8, 4) is 17.4 Å². The molecule has 17 heteroatoms. The van der Waals surface area contributed by atoms with Gasteiger partial charge in [0.15, 0.2) is 22.9 Å². The molecular weight excluding hydrogens is 696 g/mol. The highest BCUT2D eigenvalue weighted by Crippen LogP contribution is 2.20. The molecule has 0 amide bonds. The molecular formula is C36H31ClN14O2. The summed E-state index contributed by atoms with van der Waals surface area (Å²) in [7, 11) is 0. The summed E-state index contributed by atoms with van der Waals surface area (Å²) >= 11 is 5.37. The number of hydrogen-bond acceptors (Lipinski definition) is 16. The normalized spacial score (nSPS) is 10.4. The number of phenols is 1. The topological polar surface area (TPSA) is 208 Å². The third-order valence-corrected chi connectivity index (χ3v) is 7.30. The van der Waals surface area contributed by atoms with Gasteiger partial charge in [-0.2, -0.15) is 0 Å². The van der Waals surface area contributed by atoms with E-state index in [4.69, 9.17) is 16.3 Å². The number of fused-ring (bicyclic) bond motifs is 2. The average Bonchev–Trinajstić information content (AvgIpc) is 3.21. The summed E-state index contributed by atoms with van der Waals surface area (Å²) < 4.78 is 5.63. The Labute approximate surface area is 307 Å². The Morgan fingerprint density at radius 1 is 0.528 bits per heavy atom. The Kier molecular flexibility index (Phi) is 12.7. The number of rotatable bonds is 10. The van der Waals surface area contributed by atoms with Crippen LogP contribution in [0.1, 0.15) is 11.1 Å². The SMILES string of the molecule is Clc1cnccn1.Oc1ccc(CCNc2ncnc3nccnc23)cc1.c1cnc(Oc2ccc(CCNc3ncnc4nccnc34)cc2)cn1. The molecule has 0 unspecified atom stereocenters. The van der Waals surface area contributed by atoms with E-state index < -0.39 is 0 Å². The number of phenolic OH excluding ortho intramolecular Hbond substituents is 1. The van der Waals surface area contributed by atoms with E-state index in [-0.39, 0.29) is 5.75 Å². The minimum atomic E-state index is 0.277. The average molecular weight is 727 g/mol. The first kappa shape index (κ1) is 35.7. The van der Waals surface area contributed by atoms with Crippen LogP contribution < -0.4 is 15.4 Å². The smallest absolute Gasteiger partial charge is 0.237 e. The number of hydrogen-bond donors (Lipinski definition) is 3. The predicted molar refractivity (Wildman–Crippen MR) is 198 cm³/mol. The molecule has 53 heavy (non-hydrogen) atoms. The van der Waals surface area contributed by atoms with Crippen LogP contribution in [0.15, 0.2) is 123 Å². The first-order valence-electron chi connectivity index (χ1n) is 16.1. The second-order valence-electron chi connectivity index (χ2n) is 10.7. The van der Waals surface area contributed by atoms with Gasteiger partial charge < -0.3 is 20.5 Å². The van der Waals surface area contributed by atoms with Gasteiger partial charge >= 0.3 is 0 Å². The van der Waals surface area contributed by atoms with Crippen molar-refractivity contribution in [1.29, 1.82) is 0 Å². The summed E-state index contributed by atoms with van der Waals surface area (Å²) in [5, 5.41) is 16.2. The summed E-state index contributed by atoms with van der Waals surface area (Å²) in [6.07, 6.45) is 20.5. The molecule has 0 aliphatic carbocycles. The number of anilines is 2. The monoisotopic (exact) mass is 726 g/mol. The van der Waals surface area contributed by atoms with E-state index in [1.54, 1.807) is 67.9 Å². The van der Waals surface area contributed by atoms with Crippen LogP contribution >= 0.6 is 11.6 Å². The van der Waals surface area contributed by atoms with Gasteiger partial charge in [0.2, 0.25) is 5.88 Å². The molecule has 8 rings (SSSR count). The fourth-order valence-corrected chi connectivity index (χ4v) is 4.74. The number of halogens is 1. The Balaban J connectivity index is 0.000000157. The molecule has 16 nitrogen and oxygen atoms in total. The van der Waals surface area contributed by atoms with Crippen molar-refractivity contribution >= 4 is 45.6 Å². The Bertz CT molecular complexity index is 2300. The highest BCUT2D eigenvalue weighted by molar-refractivity contribution is 6.29. The molecule has 0 atom stereocenters. The summed E-state index contributed by atoms with van der Waals surface area (Å²) in [6, 6.07) is 15.0. The standard InChI is InChI=1S/C18H15N7O.C14H13N5O.C4H3ClN2/c1-3-14(26-15-11-19-7-8-20-15)4-2-13(1)5-6-22-17-16-18(25-12-24-17)23-10-9-21-16;20-11-3-1-10(2-4-11)5-6-16-13-12-14(19-9-18-13)17-8-7-15-12;5-4-3-6-1-2-7-4/h1-4,7-12H,5-6H2,(H,22,23,24,25);1-4,7-9,20H,5-6H2,(H,16,17,18,19);1-3H. The summed E-state index contributed by atoms with van der Waals surface area (Å²) in [6.45, 7) is 1.43. The Hall–Kier alpha value is -7.07. The number of ether oxygens (including phenoxy) is 1. The number of nitrogens with zero attached hydrogens (tertiary/aromatic N) is 12. The van der Waals surface area contributed by atoms with Crippen molar-refractivity contribution < 1.29 is 9.84 Å². The molecule has 0 aliphatic heterocycles. The van der Waals surface area contributed by atoms with Crippen molar-refractivity contribution in [2.75, 3.05) is 23.7 Å². The summed E-state index contributed by atoms with van der Waals surface area (Å²) in [5.74, 6) is 2.84. The van der Waals surface area contributed by atoms with E-state index in [1.807, 2.05) is 36.4 Å². The minimum absolute atomic E-state index is 0.277. The van der Waals surface area contributed by atoms with Crippen molar-refractivity contribution in [2.45, 2.75) is 12.8 Å². The molecule has 6 heterocycles. The number of aromatic nitrogens is 12. The van der Waals surface area contributed by atoms with E-state index in [9.17, 15) is 5.11 Å². The quantitative estimate of drug-likeness (QED) is 0.157. The second-order valence-corrected chi connectivity index (χ2v) is 11.1.